The van der Waals surface area contributed by atoms with E-state index in [9.17, 15) is 22.4 Å². The highest BCUT2D eigenvalue weighted by molar-refractivity contribution is 7.89. The van der Waals surface area contributed by atoms with Crippen molar-refractivity contribution < 1.29 is 27.1 Å². The van der Waals surface area contributed by atoms with Gasteiger partial charge in [-0.15, -0.1) is 0 Å². The van der Waals surface area contributed by atoms with Crippen LogP contribution in [0.4, 0.5) is 10.1 Å². The number of hydrogen-bond acceptors (Lipinski definition) is 5. The van der Waals surface area contributed by atoms with Crippen LogP contribution in [0.1, 0.15) is 23.7 Å². The minimum atomic E-state index is -3.71. The van der Waals surface area contributed by atoms with Crippen LogP contribution in [0.3, 0.4) is 0 Å². The summed E-state index contributed by atoms with van der Waals surface area (Å²) < 4.78 is 46.0. The largest absolute Gasteiger partial charge is 0.378 e. The average Bonchev–Trinajstić information content (AvgIpc) is 2.83. The molecule has 190 valence electrons. The maximum Gasteiger partial charge on any atom is 0.252 e. The van der Waals surface area contributed by atoms with Gasteiger partial charge < -0.3 is 15.4 Å². The molecule has 2 aromatic carbocycles. The van der Waals surface area contributed by atoms with Crippen LogP contribution in [0.15, 0.2) is 89.9 Å². The molecule has 36 heavy (non-hydrogen) atoms. The Morgan fingerprint density at radius 3 is 2.50 bits per heavy atom. The molecule has 0 bridgehead atoms. The topological polar surface area (TPSA) is 114 Å². The number of benzene rings is 2. The molecule has 0 aromatic heterocycles. The van der Waals surface area contributed by atoms with E-state index < -0.39 is 33.7 Å². The van der Waals surface area contributed by atoms with Gasteiger partial charge in [0.2, 0.25) is 15.9 Å². The normalized spacial score (nSPS) is 15.2. The van der Waals surface area contributed by atoms with Crippen LogP contribution in [0.25, 0.3) is 0 Å². The molecule has 0 saturated carbocycles. The average molecular weight is 514 g/mol. The number of anilines is 1. The summed E-state index contributed by atoms with van der Waals surface area (Å²) in [6.07, 6.45) is 7.03. The lowest BCUT2D eigenvalue weighted by atomic mass is 10.0. The van der Waals surface area contributed by atoms with Crippen molar-refractivity contribution in [2.45, 2.75) is 30.3 Å². The number of sulfonamides is 1. The van der Waals surface area contributed by atoms with Gasteiger partial charge in [-0.3, -0.25) is 9.59 Å². The fourth-order valence-corrected chi connectivity index (χ4v) is 4.53. The predicted octanol–water partition coefficient (Wildman–Crippen LogP) is 3.32. The molecule has 1 heterocycles. The summed E-state index contributed by atoms with van der Waals surface area (Å²) in [7, 11) is -3.71. The molecule has 0 radical (unpaired) electrons. The van der Waals surface area contributed by atoms with E-state index in [-0.39, 0.29) is 22.9 Å². The zero-order chi connectivity index (χ0) is 26.1. The van der Waals surface area contributed by atoms with Crippen LogP contribution < -0.4 is 15.4 Å². The first-order chi connectivity index (χ1) is 17.2. The standard InChI is InChI=1S/C26H28FN3O5S/c1-3-5-7-18(4-2)14-24(29-25(31)19-8-6-9-20(27)15-19)26(32)28-21-10-12-23(13-11-21)36(33,34)30-22-16-35-17-22/h3-13,15,22,24,30H,1,14,16-17H2,2H3,(H,28,32)(H,29,31)/b7-5-,18-4+/t24-/m0/s1. The Morgan fingerprint density at radius 1 is 1.19 bits per heavy atom. The Hall–Kier alpha value is -3.60. The van der Waals surface area contributed by atoms with Gasteiger partial charge in [0.05, 0.1) is 24.2 Å². The highest BCUT2D eigenvalue weighted by Crippen LogP contribution is 2.17. The molecule has 1 fully saturated rings. The van der Waals surface area contributed by atoms with E-state index in [2.05, 4.69) is 21.9 Å². The van der Waals surface area contributed by atoms with Gasteiger partial charge in [0, 0.05) is 17.7 Å². The molecule has 0 spiro atoms. The minimum Gasteiger partial charge on any atom is -0.378 e. The fourth-order valence-electron chi connectivity index (χ4n) is 3.33. The molecule has 1 aliphatic rings. The molecule has 2 amide bonds. The molecule has 1 aliphatic heterocycles. The van der Waals surface area contributed by atoms with Crippen molar-refractivity contribution in [3.8, 4) is 0 Å². The van der Waals surface area contributed by atoms with E-state index in [0.29, 0.717) is 18.9 Å². The van der Waals surface area contributed by atoms with Crippen molar-refractivity contribution >= 4 is 27.5 Å². The third-order valence-electron chi connectivity index (χ3n) is 5.36. The van der Waals surface area contributed by atoms with Crippen molar-refractivity contribution in [2.75, 3.05) is 18.5 Å². The summed E-state index contributed by atoms with van der Waals surface area (Å²) in [6.45, 7) is 6.08. The summed E-state index contributed by atoms with van der Waals surface area (Å²) in [5.74, 6) is -1.70. The van der Waals surface area contributed by atoms with Crippen LogP contribution in [0.5, 0.6) is 0 Å². The van der Waals surface area contributed by atoms with Crippen LogP contribution in [0.2, 0.25) is 0 Å². The monoisotopic (exact) mass is 513 g/mol. The number of carbonyl (C=O) groups excluding carboxylic acids is 2. The summed E-state index contributed by atoms with van der Waals surface area (Å²) in [5, 5.41) is 5.36. The molecule has 1 saturated heterocycles. The number of halogens is 1. The van der Waals surface area contributed by atoms with Gasteiger partial charge in [0.1, 0.15) is 11.9 Å². The summed E-state index contributed by atoms with van der Waals surface area (Å²) in [4.78, 5) is 25.9. The third kappa shape index (κ3) is 7.45. The summed E-state index contributed by atoms with van der Waals surface area (Å²) in [6, 6.07) is 9.59. The van der Waals surface area contributed by atoms with Crippen molar-refractivity contribution in [1.29, 1.82) is 0 Å². The van der Waals surface area contributed by atoms with E-state index in [1.807, 2.05) is 0 Å². The van der Waals surface area contributed by atoms with Crippen molar-refractivity contribution in [2.24, 2.45) is 0 Å². The zero-order valence-electron chi connectivity index (χ0n) is 19.7. The fraction of sp³-hybridized carbons (Fsp3) is 0.231. The second-order valence-corrected chi connectivity index (χ2v) is 9.78. The molecule has 1 atom stereocenters. The number of allylic oxidation sites excluding steroid dienone is 4. The Balaban J connectivity index is 1.75. The van der Waals surface area contributed by atoms with Crippen LogP contribution in [-0.4, -0.2) is 45.5 Å². The van der Waals surface area contributed by atoms with E-state index in [4.69, 9.17) is 4.74 Å². The first-order valence-electron chi connectivity index (χ1n) is 11.2. The number of carbonyl (C=O) groups is 2. The SMILES string of the molecule is C=C/C=C\C(=C/C)C[C@H](NC(=O)c1cccc(F)c1)C(=O)Nc1ccc(S(=O)(=O)NC2COC2)cc1. The molecule has 3 rings (SSSR count). The van der Waals surface area contributed by atoms with Gasteiger partial charge in [-0.2, -0.15) is 0 Å². The first-order valence-corrected chi connectivity index (χ1v) is 12.7. The van der Waals surface area contributed by atoms with Crippen molar-refractivity contribution in [1.82, 2.24) is 10.0 Å². The van der Waals surface area contributed by atoms with Crippen LogP contribution >= 0.6 is 0 Å². The lowest BCUT2D eigenvalue weighted by molar-refractivity contribution is -0.117. The number of amides is 2. The van der Waals surface area contributed by atoms with Gasteiger partial charge in [-0.25, -0.2) is 17.5 Å². The molecule has 3 N–H and O–H groups in total. The Labute approximate surface area is 210 Å². The molecule has 10 heteroatoms. The zero-order valence-corrected chi connectivity index (χ0v) is 20.6. The molecular weight excluding hydrogens is 485 g/mol. The number of nitrogens with one attached hydrogen (secondary N) is 3. The first kappa shape index (κ1) is 27.0. The van der Waals surface area contributed by atoms with Gasteiger partial charge in [0.25, 0.3) is 5.91 Å². The lowest BCUT2D eigenvalue weighted by Gasteiger charge is -2.26. The van der Waals surface area contributed by atoms with Gasteiger partial charge in [0.15, 0.2) is 0 Å². The van der Waals surface area contributed by atoms with E-state index >= 15 is 0 Å². The van der Waals surface area contributed by atoms with Crippen molar-refractivity contribution in [3.05, 3.63) is 96.4 Å². The highest BCUT2D eigenvalue weighted by Gasteiger charge is 2.26. The second-order valence-electron chi connectivity index (χ2n) is 8.07. The number of hydrogen-bond donors (Lipinski definition) is 3. The van der Waals surface area contributed by atoms with Crippen molar-refractivity contribution in [3.63, 3.8) is 0 Å². The quantitative estimate of drug-likeness (QED) is 0.399. The minimum absolute atomic E-state index is 0.0501. The second kappa shape index (κ2) is 12.4. The van der Waals surface area contributed by atoms with E-state index in [1.54, 1.807) is 31.2 Å². The van der Waals surface area contributed by atoms with E-state index in [0.717, 1.165) is 11.6 Å². The predicted molar refractivity (Wildman–Crippen MR) is 135 cm³/mol. The van der Waals surface area contributed by atoms with Gasteiger partial charge in [-0.1, -0.05) is 36.9 Å². The maximum atomic E-state index is 13.6. The van der Waals surface area contributed by atoms with E-state index in [1.165, 1.54) is 42.5 Å². The summed E-state index contributed by atoms with van der Waals surface area (Å²) in [5.41, 5.74) is 1.19. The number of rotatable bonds is 11. The summed E-state index contributed by atoms with van der Waals surface area (Å²) >= 11 is 0. The Bertz CT molecular complexity index is 1270. The van der Waals surface area contributed by atoms with Gasteiger partial charge >= 0.3 is 0 Å². The Morgan fingerprint density at radius 2 is 1.92 bits per heavy atom. The molecular formula is C26H28FN3O5S. The Kier molecular flexibility index (Phi) is 9.29. The maximum absolute atomic E-state index is 13.6. The highest BCUT2D eigenvalue weighted by atomic mass is 32.2. The smallest absolute Gasteiger partial charge is 0.252 e. The van der Waals surface area contributed by atoms with Crippen LogP contribution in [0, 0.1) is 5.82 Å². The third-order valence-corrected chi connectivity index (χ3v) is 6.89. The molecule has 0 aliphatic carbocycles. The number of ether oxygens (including phenoxy) is 1. The van der Waals surface area contributed by atoms with Crippen LogP contribution in [-0.2, 0) is 19.6 Å². The molecule has 8 nitrogen and oxygen atoms in total. The van der Waals surface area contributed by atoms with Gasteiger partial charge in [-0.05, 0) is 55.0 Å². The molecule has 0 unspecified atom stereocenters. The molecule has 2 aromatic rings. The lowest BCUT2D eigenvalue weighted by Crippen LogP contribution is -2.48.